The van der Waals surface area contributed by atoms with Crippen molar-refractivity contribution in [3.63, 3.8) is 0 Å². The number of rotatable bonds is 6. The third-order valence-electron chi connectivity index (χ3n) is 5.48. The first-order valence-corrected chi connectivity index (χ1v) is 10.3. The quantitative estimate of drug-likeness (QED) is 0.735. The van der Waals surface area contributed by atoms with Crippen molar-refractivity contribution in [2.45, 2.75) is 27.7 Å². The average Bonchev–Trinajstić information content (AvgIpc) is 2.73. The highest BCUT2D eigenvalue weighted by Crippen LogP contribution is 2.23. The molecule has 2 amide bonds. The minimum Gasteiger partial charge on any atom is -0.483 e. The predicted octanol–water partition coefficient (Wildman–Crippen LogP) is 3.05. The van der Waals surface area contributed by atoms with Gasteiger partial charge >= 0.3 is 0 Å². The van der Waals surface area contributed by atoms with Gasteiger partial charge in [0, 0.05) is 26.2 Å². The summed E-state index contributed by atoms with van der Waals surface area (Å²) in [4.78, 5) is 28.6. The standard InChI is InChI=1S/C24H30N2O4/c1-17-7-5-8-18(2)23(17)29-15-21(27)25-11-13-26(14-12-25)22(28)16-30-24-19(3)9-6-10-20(24)4/h5-10H,11-16H2,1-4H3. The van der Waals surface area contributed by atoms with Crippen LogP contribution in [0, 0.1) is 27.7 Å². The normalized spacial score (nSPS) is 13.9. The highest BCUT2D eigenvalue weighted by Gasteiger charge is 2.25. The molecule has 1 saturated heterocycles. The van der Waals surface area contributed by atoms with Gasteiger partial charge in [0.15, 0.2) is 13.2 Å². The van der Waals surface area contributed by atoms with Crippen LogP contribution >= 0.6 is 0 Å². The molecule has 3 rings (SSSR count). The van der Waals surface area contributed by atoms with E-state index in [-0.39, 0.29) is 25.0 Å². The van der Waals surface area contributed by atoms with Gasteiger partial charge in [-0.05, 0) is 49.9 Å². The Labute approximate surface area is 178 Å². The molecular formula is C24H30N2O4. The van der Waals surface area contributed by atoms with Crippen LogP contribution in [0.25, 0.3) is 0 Å². The molecule has 0 atom stereocenters. The molecule has 0 N–H and O–H groups in total. The van der Waals surface area contributed by atoms with E-state index in [0.29, 0.717) is 26.2 Å². The second-order valence-corrected chi connectivity index (χ2v) is 7.78. The van der Waals surface area contributed by atoms with Gasteiger partial charge in [-0.3, -0.25) is 9.59 Å². The van der Waals surface area contributed by atoms with Crippen molar-refractivity contribution in [2.24, 2.45) is 0 Å². The molecule has 6 heteroatoms. The molecule has 0 unspecified atom stereocenters. The highest BCUT2D eigenvalue weighted by atomic mass is 16.5. The van der Waals surface area contributed by atoms with Gasteiger partial charge < -0.3 is 19.3 Å². The van der Waals surface area contributed by atoms with E-state index in [2.05, 4.69) is 0 Å². The van der Waals surface area contributed by atoms with Gasteiger partial charge in [0.05, 0.1) is 0 Å². The van der Waals surface area contributed by atoms with E-state index in [9.17, 15) is 9.59 Å². The summed E-state index contributed by atoms with van der Waals surface area (Å²) >= 11 is 0. The molecule has 2 aromatic carbocycles. The van der Waals surface area contributed by atoms with Gasteiger partial charge in [0.25, 0.3) is 11.8 Å². The van der Waals surface area contributed by atoms with Gasteiger partial charge in [0.1, 0.15) is 11.5 Å². The minimum atomic E-state index is -0.0588. The lowest BCUT2D eigenvalue weighted by molar-refractivity contribution is -0.141. The van der Waals surface area contributed by atoms with E-state index in [0.717, 1.165) is 33.8 Å². The van der Waals surface area contributed by atoms with Crippen molar-refractivity contribution in [3.8, 4) is 11.5 Å². The number of aryl methyl sites for hydroxylation is 4. The van der Waals surface area contributed by atoms with Crippen LogP contribution in [-0.2, 0) is 9.59 Å². The molecule has 0 radical (unpaired) electrons. The van der Waals surface area contributed by atoms with Crippen molar-refractivity contribution in [1.82, 2.24) is 9.80 Å². The van der Waals surface area contributed by atoms with Crippen LogP contribution in [0.1, 0.15) is 22.3 Å². The summed E-state index contributed by atoms with van der Waals surface area (Å²) in [6.07, 6.45) is 0. The molecule has 1 fully saturated rings. The van der Waals surface area contributed by atoms with E-state index >= 15 is 0 Å². The Hall–Kier alpha value is -3.02. The SMILES string of the molecule is Cc1cccc(C)c1OCC(=O)N1CCN(C(=O)COc2c(C)cccc2C)CC1. The van der Waals surface area contributed by atoms with E-state index in [4.69, 9.17) is 9.47 Å². The zero-order valence-electron chi connectivity index (χ0n) is 18.2. The molecule has 30 heavy (non-hydrogen) atoms. The largest absolute Gasteiger partial charge is 0.483 e. The van der Waals surface area contributed by atoms with Crippen LogP contribution in [0.3, 0.4) is 0 Å². The van der Waals surface area contributed by atoms with Crippen LogP contribution in [0.5, 0.6) is 11.5 Å². The fourth-order valence-corrected chi connectivity index (χ4v) is 3.71. The fourth-order valence-electron chi connectivity index (χ4n) is 3.71. The fraction of sp³-hybridized carbons (Fsp3) is 0.417. The molecule has 0 aliphatic carbocycles. The molecule has 0 bridgehead atoms. The maximum atomic E-state index is 12.5. The summed E-state index contributed by atoms with van der Waals surface area (Å²) in [5.74, 6) is 1.42. The number of amides is 2. The highest BCUT2D eigenvalue weighted by molar-refractivity contribution is 5.80. The number of nitrogens with zero attached hydrogens (tertiary/aromatic N) is 2. The van der Waals surface area contributed by atoms with Crippen molar-refractivity contribution in [1.29, 1.82) is 0 Å². The number of ether oxygens (including phenoxy) is 2. The van der Waals surface area contributed by atoms with Crippen LogP contribution in [0.15, 0.2) is 36.4 Å². The zero-order chi connectivity index (χ0) is 21.7. The summed E-state index contributed by atoms with van der Waals surface area (Å²) in [7, 11) is 0. The van der Waals surface area contributed by atoms with Gasteiger partial charge in [-0.25, -0.2) is 0 Å². The van der Waals surface area contributed by atoms with Gasteiger partial charge in [-0.1, -0.05) is 36.4 Å². The maximum absolute atomic E-state index is 12.5. The Morgan fingerprint density at radius 3 is 1.27 bits per heavy atom. The number of carbonyl (C=O) groups is 2. The molecule has 0 saturated carbocycles. The number of piperazine rings is 1. The number of hydrogen-bond acceptors (Lipinski definition) is 4. The molecule has 160 valence electrons. The maximum Gasteiger partial charge on any atom is 0.260 e. The smallest absolute Gasteiger partial charge is 0.260 e. The Bertz CT molecular complexity index is 801. The second kappa shape index (κ2) is 9.65. The van der Waals surface area contributed by atoms with Crippen molar-refractivity contribution >= 4 is 11.8 Å². The van der Waals surface area contributed by atoms with E-state index < -0.39 is 0 Å². The summed E-state index contributed by atoms with van der Waals surface area (Å²) < 4.78 is 11.6. The van der Waals surface area contributed by atoms with Gasteiger partial charge in [-0.15, -0.1) is 0 Å². The molecule has 1 heterocycles. The first kappa shape index (κ1) is 21.7. The van der Waals surface area contributed by atoms with Crippen molar-refractivity contribution in [3.05, 3.63) is 58.7 Å². The number of hydrogen-bond donors (Lipinski definition) is 0. The third kappa shape index (κ3) is 5.12. The van der Waals surface area contributed by atoms with Crippen molar-refractivity contribution < 1.29 is 19.1 Å². The Morgan fingerprint density at radius 2 is 0.967 bits per heavy atom. The van der Waals surface area contributed by atoms with Crippen molar-refractivity contribution in [2.75, 3.05) is 39.4 Å². The Balaban J connectivity index is 1.46. The lowest BCUT2D eigenvalue weighted by atomic mass is 10.1. The van der Waals surface area contributed by atoms with Gasteiger partial charge in [0.2, 0.25) is 0 Å². The summed E-state index contributed by atoms with van der Waals surface area (Å²) in [5.41, 5.74) is 4.06. The molecule has 0 aromatic heterocycles. The number of para-hydroxylation sites is 2. The van der Waals surface area contributed by atoms with Crippen LogP contribution < -0.4 is 9.47 Å². The van der Waals surface area contributed by atoms with E-state index in [1.54, 1.807) is 9.80 Å². The predicted molar refractivity (Wildman–Crippen MR) is 116 cm³/mol. The minimum absolute atomic E-state index is 0.00924. The molecule has 2 aromatic rings. The van der Waals surface area contributed by atoms with Crippen LogP contribution in [0.2, 0.25) is 0 Å². The first-order valence-electron chi connectivity index (χ1n) is 10.3. The lowest BCUT2D eigenvalue weighted by Crippen LogP contribution is -2.52. The monoisotopic (exact) mass is 410 g/mol. The number of carbonyl (C=O) groups excluding carboxylic acids is 2. The topological polar surface area (TPSA) is 59.1 Å². The van der Waals surface area contributed by atoms with E-state index in [1.165, 1.54) is 0 Å². The Morgan fingerprint density at radius 1 is 0.667 bits per heavy atom. The Kier molecular flexibility index (Phi) is 6.98. The molecular weight excluding hydrogens is 380 g/mol. The van der Waals surface area contributed by atoms with E-state index in [1.807, 2.05) is 64.1 Å². The molecule has 6 nitrogen and oxygen atoms in total. The van der Waals surface area contributed by atoms with Crippen LogP contribution in [-0.4, -0.2) is 61.0 Å². The second-order valence-electron chi connectivity index (χ2n) is 7.78. The molecule has 1 aliphatic heterocycles. The first-order chi connectivity index (χ1) is 14.4. The molecule has 0 spiro atoms. The summed E-state index contributed by atoms with van der Waals surface area (Å²) in [6.45, 7) is 9.91. The molecule has 1 aliphatic rings. The van der Waals surface area contributed by atoms with Gasteiger partial charge in [-0.2, -0.15) is 0 Å². The lowest BCUT2D eigenvalue weighted by Gasteiger charge is -2.34. The average molecular weight is 411 g/mol. The van der Waals surface area contributed by atoms with Crippen LogP contribution in [0.4, 0.5) is 0 Å². The summed E-state index contributed by atoms with van der Waals surface area (Å²) in [5, 5.41) is 0. The zero-order valence-corrected chi connectivity index (χ0v) is 18.2. The number of benzene rings is 2. The summed E-state index contributed by atoms with van der Waals surface area (Å²) in [6, 6.07) is 11.8. The third-order valence-corrected chi connectivity index (χ3v) is 5.48.